The highest BCUT2D eigenvalue weighted by Gasteiger charge is 2.48. The Bertz CT molecular complexity index is 3470. The van der Waals surface area contributed by atoms with Gasteiger partial charge in [-0.25, -0.2) is 0 Å². The fourth-order valence-electron chi connectivity index (χ4n) is 11.8. The minimum absolute atomic E-state index is 0.0194. The topological polar surface area (TPSA) is 19.6 Å². The molecule has 0 saturated heterocycles. The summed E-state index contributed by atoms with van der Waals surface area (Å²) in [5, 5.41) is 2.26. The van der Waals surface area contributed by atoms with Crippen LogP contribution in [0, 0.1) is 0 Å². The van der Waals surface area contributed by atoms with Gasteiger partial charge in [-0.2, -0.15) is 0 Å². The molecule has 0 fully saturated rings. The molecule has 336 valence electrons. The smallest absolute Gasteiger partial charge is 0.333 e. The van der Waals surface area contributed by atoms with Gasteiger partial charge in [0.05, 0.1) is 16.8 Å². The van der Waals surface area contributed by atoms with Gasteiger partial charge in [0.25, 0.3) is 0 Å². The lowest BCUT2D eigenvalue weighted by atomic mass is 9.43. The predicted molar refractivity (Wildman–Crippen MR) is 291 cm³/mol. The van der Waals surface area contributed by atoms with Crippen LogP contribution in [-0.4, -0.2) is 6.85 Å². The molecule has 3 aliphatic rings. The molecule has 4 heteroatoms. The quantitative estimate of drug-likeness (QED) is 0.164. The van der Waals surface area contributed by atoms with Crippen molar-refractivity contribution >= 4 is 68.1 Å². The molecule has 0 saturated carbocycles. The molecule has 1 aromatic heterocycles. The molecule has 9 aromatic rings. The molecule has 0 spiro atoms. The number of anilines is 5. The van der Waals surface area contributed by atoms with Crippen molar-refractivity contribution < 1.29 is 4.42 Å². The van der Waals surface area contributed by atoms with Crippen molar-refractivity contribution in [3.05, 3.63) is 186 Å². The van der Waals surface area contributed by atoms with Gasteiger partial charge in [-0.3, -0.25) is 0 Å². The molecular weight excluding hydrogens is 824 g/mol. The van der Waals surface area contributed by atoms with Crippen molar-refractivity contribution in [2.24, 2.45) is 0 Å². The molecule has 0 radical (unpaired) electrons. The summed E-state index contributed by atoms with van der Waals surface area (Å²) in [6, 6.07) is 62.2. The van der Waals surface area contributed by atoms with Crippen LogP contribution in [0.5, 0.6) is 0 Å². The normalized spacial score (nSPS) is 15.8. The maximum Gasteiger partial charge on any atom is 0.333 e. The molecule has 68 heavy (non-hydrogen) atoms. The Morgan fingerprint density at radius 3 is 1.78 bits per heavy atom. The van der Waals surface area contributed by atoms with Crippen molar-refractivity contribution in [3.63, 3.8) is 0 Å². The molecule has 8 aromatic carbocycles. The lowest BCUT2D eigenvalue weighted by Gasteiger charge is -2.48. The lowest BCUT2D eigenvalue weighted by molar-refractivity contribution is 0.332. The minimum atomic E-state index is -0.158. The minimum Gasteiger partial charge on any atom is -0.456 e. The van der Waals surface area contributed by atoms with E-state index in [1.54, 1.807) is 0 Å². The number of hydrogen-bond acceptors (Lipinski definition) is 3. The van der Waals surface area contributed by atoms with Gasteiger partial charge in [-0.15, -0.1) is 0 Å². The summed E-state index contributed by atoms with van der Waals surface area (Å²) in [5.41, 5.74) is 23.3. The summed E-state index contributed by atoms with van der Waals surface area (Å²) in [5.74, 6) is 0. The van der Waals surface area contributed by atoms with Gasteiger partial charge in [0.15, 0.2) is 0 Å². The third kappa shape index (κ3) is 6.54. The largest absolute Gasteiger partial charge is 0.456 e. The van der Waals surface area contributed by atoms with Crippen LogP contribution in [0.3, 0.4) is 0 Å². The molecule has 1 aliphatic carbocycles. The van der Waals surface area contributed by atoms with Crippen LogP contribution in [0.15, 0.2) is 168 Å². The number of fused-ring (bicyclic) bond motifs is 9. The van der Waals surface area contributed by atoms with E-state index in [4.69, 9.17) is 4.42 Å². The van der Waals surface area contributed by atoms with E-state index in [2.05, 4.69) is 243 Å². The third-order valence-corrected chi connectivity index (χ3v) is 15.8. The SMILES string of the molecule is CC(C)(C)c1ccc(N2B3c4ccc5oc6ccccc6c5c4N(c4ccc(C(C)(C)C)cc4-c4ccccc4)c4cc(-c5ccccc5)cc(c43)-c3cc4c(cc32)C(C)(C)CCC4(C)C)cc1. The van der Waals surface area contributed by atoms with Gasteiger partial charge in [0.1, 0.15) is 11.2 Å². The second-order valence-corrected chi connectivity index (χ2v) is 23.2. The van der Waals surface area contributed by atoms with Crippen LogP contribution in [0.1, 0.15) is 104 Å². The highest BCUT2D eigenvalue weighted by atomic mass is 16.3. The maximum absolute atomic E-state index is 6.85. The van der Waals surface area contributed by atoms with E-state index >= 15 is 0 Å². The molecule has 0 atom stereocenters. The number of rotatable bonds is 4. The molecule has 2 aliphatic heterocycles. The second kappa shape index (κ2) is 14.9. The number of furan rings is 1. The van der Waals surface area contributed by atoms with Gasteiger partial charge >= 0.3 is 6.85 Å². The van der Waals surface area contributed by atoms with E-state index in [1.165, 1.54) is 89.3 Å². The Hall–Kier alpha value is -6.78. The van der Waals surface area contributed by atoms with Crippen molar-refractivity contribution in [1.82, 2.24) is 0 Å². The first-order valence-electron chi connectivity index (χ1n) is 24.7. The number of nitrogens with zero attached hydrogens (tertiary/aromatic N) is 2. The average molecular weight is 885 g/mol. The summed E-state index contributed by atoms with van der Waals surface area (Å²) < 4.78 is 6.85. The lowest BCUT2D eigenvalue weighted by Crippen LogP contribution is -2.61. The number of para-hydroxylation sites is 1. The fourth-order valence-corrected chi connectivity index (χ4v) is 11.8. The summed E-state index contributed by atoms with van der Waals surface area (Å²) in [6.07, 6.45) is 2.30. The van der Waals surface area contributed by atoms with Gasteiger partial charge in [-0.05, 0) is 151 Å². The summed E-state index contributed by atoms with van der Waals surface area (Å²) in [7, 11) is 0. The van der Waals surface area contributed by atoms with Crippen molar-refractivity contribution in [3.8, 4) is 33.4 Å². The van der Waals surface area contributed by atoms with E-state index in [-0.39, 0.29) is 28.5 Å². The van der Waals surface area contributed by atoms with Crippen LogP contribution in [-0.2, 0) is 21.7 Å². The fraction of sp³-hybridized carbons (Fsp3) is 0.250. The zero-order valence-electron chi connectivity index (χ0n) is 41.4. The Balaban J connectivity index is 1.27. The van der Waals surface area contributed by atoms with Crippen LogP contribution in [0.4, 0.5) is 28.4 Å². The average Bonchev–Trinajstić information content (AvgIpc) is 3.72. The van der Waals surface area contributed by atoms with Crippen LogP contribution in [0.25, 0.3) is 55.3 Å². The zero-order chi connectivity index (χ0) is 47.1. The van der Waals surface area contributed by atoms with E-state index in [9.17, 15) is 0 Å². The molecule has 0 N–H and O–H groups in total. The Morgan fingerprint density at radius 1 is 0.485 bits per heavy atom. The first-order chi connectivity index (χ1) is 32.5. The standard InChI is InChI=1S/C64H61BN2O/c1-61(2,3)43-25-28-45(29-26-43)67-54-39-51-50(63(7,8)33-34-64(51,9)10)38-48(54)49-35-42(40-19-13-11-14-20-40)36-55-59(49)65(67)52-30-32-57-58(46-23-17-18-24-56(46)68-57)60(52)66(55)53-31-27-44(62(4,5)6)37-47(53)41-21-15-12-16-22-41/h11-32,35-39H,33-34H2,1-10H3. The van der Waals surface area contributed by atoms with E-state index in [0.717, 1.165) is 40.5 Å². The van der Waals surface area contributed by atoms with E-state index in [1.807, 2.05) is 0 Å². The summed E-state index contributed by atoms with van der Waals surface area (Å²) >= 11 is 0. The summed E-state index contributed by atoms with van der Waals surface area (Å²) in [6.45, 7) is 23.6. The Kier molecular flexibility index (Phi) is 9.30. The first-order valence-corrected chi connectivity index (χ1v) is 24.7. The van der Waals surface area contributed by atoms with Crippen molar-refractivity contribution in [2.45, 2.75) is 104 Å². The molecule has 3 heterocycles. The first kappa shape index (κ1) is 42.6. The van der Waals surface area contributed by atoms with Crippen LogP contribution >= 0.6 is 0 Å². The molecule has 0 amide bonds. The zero-order valence-corrected chi connectivity index (χ0v) is 41.4. The predicted octanol–water partition coefficient (Wildman–Crippen LogP) is 16.6. The van der Waals surface area contributed by atoms with Crippen molar-refractivity contribution in [1.29, 1.82) is 0 Å². The van der Waals surface area contributed by atoms with E-state index in [0.29, 0.717) is 0 Å². The molecule has 12 rings (SSSR count). The van der Waals surface area contributed by atoms with Gasteiger partial charge in [0.2, 0.25) is 0 Å². The maximum atomic E-state index is 6.85. The Labute approximate surface area is 403 Å². The highest BCUT2D eigenvalue weighted by molar-refractivity contribution is 6.94. The number of benzene rings is 8. The Morgan fingerprint density at radius 2 is 1.10 bits per heavy atom. The molecular formula is C64H61BN2O. The second-order valence-electron chi connectivity index (χ2n) is 23.2. The molecule has 0 bridgehead atoms. The van der Waals surface area contributed by atoms with E-state index < -0.39 is 0 Å². The van der Waals surface area contributed by atoms with Gasteiger partial charge < -0.3 is 14.1 Å². The third-order valence-electron chi connectivity index (χ3n) is 15.8. The van der Waals surface area contributed by atoms with Gasteiger partial charge in [0, 0.05) is 33.6 Å². The monoisotopic (exact) mass is 884 g/mol. The molecule has 3 nitrogen and oxygen atoms in total. The van der Waals surface area contributed by atoms with Gasteiger partial charge in [-0.1, -0.05) is 172 Å². The summed E-state index contributed by atoms with van der Waals surface area (Å²) in [4.78, 5) is 5.34. The van der Waals surface area contributed by atoms with Crippen LogP contribution in [0.2, 0.25) is 0 Å². The highest BCUT2D eigenvalue weighted by Crippen LogP contribution is 2.55. The van der Waals surface area contributed by atoms with Crippen molar-refractivity contribution in [2.75, 3.05) is 9.71 Å². The van der Waals surface area contributed by atoms with Crippen LogP contribution < -0.4 is 20.6 Å². The number of hydrogen-bond donors (Lipinski definition) is 0. The molecule has 0 unspecified atom stereocenters.